The van der Waals surface area contributed by atoms with Crippen molar-refractivity contribution in [3.63, 3.8) is 0 Å². The highest BCUT2D eigenvalue weighted by Gasteiger charge is 2.11. The van der Waals surface area contributed by atoms with Crippen LogP contribution < -0.4 is 0 Å². The van der Waals surface area contributed by atoms with Crippen molar-refractivity contribution in [1.29, 1.82) is 0 Å². The van der Waals surface area contributed by atoms with E-state index in [2.05, 4.69) is 16.5 Å². The lowest BCUT2D eigenvalue weighted by atomic mass is 10.2. The van der Waals surface area contributed by atoms with E-state index < -0.39 is 0 Å². The van der Waals surface area contributed by atoms with E-state index in [1.54, 1.807) is 6.08 Å². The van der Waals surface area contributed by atoms with Gasteiger partial charge in [0.1, 0.15) is 6.61 Å². The number of hydrogen-bond acceptors (Lipinski definition) is 3. The Morgan fingerprint density at radius 3 is 2.92 bits per heavy atom. The van der Waals surface area contributed by atoms with Gasteiger partial charge in [0.15, 0.2) is 5.76 Å². The van der Waals surface area contributed by atoms with Gasteiger partial charge in [-0.1, -0.05) is 5.73 Å². The fourth-order valence-corrected chi connectivity index (χ4v) is 1.000. The molecule has 0 saturated heterocycles. The van der Waals surface area contributed by atoms with Crippen LogP contribution >= 0.6 is 0 Å². The van der Waals surface area contributed by atoms with Crippen molar-refractivity contribution < 1.29 is 9.84 Å². The minimum absolute atomic E-state index is 0.0809. The van der Waals surface area contributed by atoms with Gasteiger partial charge < -0.3 is 9.84 Å². The summed E-state index contributed by atoms with van der Waals surface area (Å²) in [7, 11) is 0. The first-order valence-electron chi connectivity index (χ1n) is 3.67. The van der Waals surface area contributed by atoms with Gasteiger partial charge in [-0.05, 0) is 17.9 Å². The van der Waals surface area contributed by atoms with E-state index >= 15 is 0 Å². The molecule has 0 bridgehead atoms. The van der Waals surface area contributed by atoms with Gasteiger partial charge >= 0.3 is 0 Å². The first-order valence-corrected chi connectivity index (χ1v) is 3.67. The summed E-state index contributed by atoms with van der Waals surface area (Å²) < 4.78 is 5.20. The minimum Gasteiger partial charge on any atom is -0.501 e. The van der Waals surface area contributed by atoms with Crippen molar-refractivity contribution in [3.8, 4) is 0 Å². The third-order valence-electron chi connectivity index (χ3n) is 1.55. The van der Waals surface area contributed by atoms with E-state index in [1.807, 2.05) is 0 Å². The number of allylic oxidation sites excluding steroid dienone is 1. The highest BCUT2D eigenvalue weighted by atomic mass is 16.5. The summed E-state index contributed by atoms with van der Waals surface area (Å²) in [5.74, 6) is 0.670. The van der Waals surface area contributed by atoms with Crippen LogP contribution in [0.5, 0.6) is 0 Å². The Balaban J connectivity index is 2.38. The van der Waals surface area contributed by atoms with Gasteiger partial charge in [-0.15, -0.1) is 0 Å². The van der Waals surface area contributed by atoms with Crippen LogP contribution in [0.15, 0.2) is 39.9 Å². The number of aliphatic imine (C=N–C) groups is 1. The van der Waals surface area contributed by atoms with Crippen molar-refractivity contribution in [1.82, 2.24) is 0 Å². The van der Waals surface area contributed by atoms with Crippen molar-refractivity contribution in [3.05, 3.63) is 34.9 Å². The van der Waals surface area contributed by atoms with Crippen LogP contribution in [0.25, 0.3) is 0 Å². The molecule has 3 heteroatoms. The molecular weight excluding hydrogens is 154 g/mol. The van der Waals surface area contributed by atoms with Gasteiger partial charge in [0.2, 0.25) is 5.90 Å². The Hall–Kier alpha value is -1.69. The molecule has 0 radical (unpaired) electrons. The van der Waals surface area contributed by atoms with Crippen LogP contribution in [0.2, 0.25) is 0 Å². The molecule has 0 aromatic rings. The molecule has 0 fully saturated rings. The van der Waals surface area contributed by atoms with E-state index in [4.69, 9.17) is 9.84 Å². The molecule has 0 atom stereocenters. The number of aliphatic hydroxyl groups is 1. The van der Waals surface area contributed by atoms with Gasteiger partial charge in [-0.3, -0.25) is 0 Å². The van der Waals surface area contributed by atoms with Crippen molar-refractivity contribution >= 4 is 5.90 Å². The smallest absolute Gasteiger partial charge is 0.225 e. The molecule has 12 heavy (non-hydrogen) atoms. The van der Waals surface area contributed by atoms with Crippen LogP contribution in [0, 0.1) is 0 Å². The molecule has 0 spiro atoms. The number of aliphatic hydroxyl groups excluding tert-OH is 1. The Morgan fingerprint density at radius 1 is 1.42 bits per heavy atom. The molecule has 1 heterocycles. The molecule has 0 saturated carbocycles. The average Bonchev–Trinajstić information content (AvgIpc) is 2.58. The number of rotatable bonds is 1. The summed E-state index contributed by atoms with van der Waals surface area (Å²) in [5, 5.41) is 8.93. The van der Waals surface area contributed by atoms with Crippen molar-refractivity contribution in [2.24, 2.45) is 4.99 Å². The summed E-state index contributed by atoms with van der Waals surface area (Å²) in [6.07, 6.45) is 3.24. The fourth-order valence-electron chi connectivity index (χ4n) is 1.000. The highest BCUT2D eigenvalue weighted by Crippen LogP contribution is 2.09. The molecule has 3 nitrogen and oxygen atoms in total. The van der Waals surface area contributed by atoms with Crippen LogP contribution in [-0.2, 0) is 4.74 Å². The second-order valence-electron chi connectivity index (χ2n) is 2.42. The SMILES string of the molecule is OC1=C=C=C(C2=NCCO2)C=C1. The van der Waals surface area contributed by atoms with Crippen molar-refractivity contribution in [2.75, 3.05) is 13.2 Å². The number of nitrogens with zero attached hydrogens (tertiary/aromatic N) is 1. The molecule has 1 aliphatic carbocycles. The maximum atomic E-state index is 8.93. The predicted octanol–water partition coefficient (Wildman–Crippen LogP) is 1.11. The first-order chi connectivity index (χ1) is 5.86. The van der Waals surface area contributed by atoms with Crippen molar-refractivity contribution in [2.45, 2.75) is 0 Å². The summed E-state index contributed by atoms with van der Waals surface area (Å²) in [6, 6.07) is 0. The van der Waals surface area contributed by atoms with E-state index in [1.165, 1.54) is 6.08 Å². The van der Waals surface area contributed by atoms with E-state index in [-0.39, 0.29) is 5.76 Å². The van der Waals surface area contributed by atoms with Gasteiger partial charge in [0, 0.05) is 0 Å². The van der Waals surface area contributed by atoms with Crippen LogP contribution in [0.3, 0.4) is 0 Å². The van der Waals surface area contributed by atoms with E-state index in [9.17, 15) is 0 Å². The zero-order valence-electron chi connectivity index (χ0n) is 6.37. The van der Waals surface area contributed by atoms with Gasteiger partial charge in [-0.2, -0.15) is 0 Å². The zero-order valence-corrected chi connectivity index (χ0v) is 6.37. The monoisotopic (exact) mass is 161 g/mol. The maximum Gasteiger partial charge on any atom is 0.225 e. The highest BCUT2D eigenvalue weighted by molar-refractivity contribution is 5.97. The Morgan fingerprint density at radius 2 is 2.33 bits per heavy atom. The van der Waals surface area contributed by atoms with Gasteiger partial charge in [0.25, 0.3) is 0 Å². The third-order valence-corrected chi connectivity index (χ3v) is 1.55. The maximum absolute atomic E-state index is 8.93. The fraction of sp³-hybridized carbons (Fsp3) is 0.222. The normalized spacial score (nSPS) is 19.8. The Kier molecular flexibility index (Phi) is 1.60. The first kappa shape index (κ1) is 6.99. The molecular formula is C9H7NO2. The second kappa shape index (κ2) is 2.74. The lowest BCUT2D eigenvalue weighted by Crippen LogP contribution is -2.01. The lowest BCUT2D eigenvalue weighted by Gasteiger charge is -1.99. The Bertz CT molecular complexity index is 364. The number of ether oxygens (including phenoxy) is 1. The molecule has 0 aromatic carbocycles. The van der Waals surface area contributed by atoms with Crippen LogP contribution in [-0.4, -0.2) is 24.2 Å². The molecule has 60 valence electrons. The van der Waals surface area contributed by atoms with E-state index in [0.717, 1.165) is 5.57 Å². The molecule has 0 aromatic heterocycles. The quantitative estimate of drug-likeness (QED) is 0.585. The molecule has 0 amide bonds. The second-order valence-corrected chi connectivity index (χ2v) is 2.42. The van der Waals surface area contributed by atoms with E-state index in [0.29, 0.717) is 19.0 Å². The van der Waals surface area contributed by atoms with Gasteiger partial charge in [0.05, 0.1) is 12.1 Å². The summed E-state index contributed by atoms with van der Waals surface area (Å²) >= 11 is 0. The average molecular weight is 161 g/mol. The molecule has 1 N–H and O–H groups in total. The predicted molar refractivity (Wildman–Crippen MR) is 44.1 cm³/mol. The molecule has 2 rings (SSSR count). The molecule has 1 aliphatic heterocycles. The summed E-state index contributed by atoms with van der Waals surface area (Å²) in [4.78, 5) is 4.10. The third kappa shape index (κ3) is 1.19. The zero-order chi connectivity index (χ0) is 8.39. The minimum atomic E-state index is 0.0809. The van der Waals surface area contributed by atoms with Crippen LogP contribution in [0.4, 0.5) is 0 Å². The lowest BCUT2D eigenvalue weighted by molar-refractivity contribution is 0.348. The Labute approximate surface area is 69.7 Å². The standard InChI is InChI=1S/C9H7NO2/c11-8-3-1-7(2-4-8)9-10-5-6-12-9/h1,3,11H,5-6H2. The topological polar surface area (TPSA) is 41.8 Å². The largest absolute Gasteiger partial charge is 0.501 e. The molecule has 0 unspecified atom stereocenters. The summed E-state index contributed by atoms with van der Waals surface area (Å²) in [6.45, 7) is 1.33. The molecule has 2 aliphatic rings. The van der Waals surface area contributed by atoms with Gasteiger partial charge in [-0.25, -0.2) is 4.99 Å². The summed E-state index contributed by atoms with van der Waals surface area (Å²) in [5.41, 5.74) is 6.04. The number of hydrogen-bond donors (Lipinski definition) is 1. The van der Waals surface area contributed by atoms with Crippen LogP contribution in [0.1, 0.15) is 0 Å².